The monoisotopic (exact) mass is 419 g/mol. The first-order chi connectivity index (χ1) is 13.8. The van der Waals surface area contributed by atoms with Crippen molar-refractivity contribution < 1.29 is 24.0 Å². The summed E-state index contributed by atoms with van der Waals surface area (Å²) in [6.45, 7) is -0.443. The Morgan fingerprint density at radius 1 is 0.966 bits per heavy atom. The van der Waals surface area contributed by atoms with Gasteiger partial charge in [0.2, 0.25) is 5.91 Å². The van der Waals surface area contributed by atoms with Crippen LogP contribution >= 0.6 is 11.6 Å². The number of benzene rings is 2. The van der Waals surface area contributed by atoms with Crippen LogP contribution in [0.15, 0.2) is 48.5 Å². The fraction of sp³-hybridized carbons (Fsp3) is 0.211. The number of carbonyl (C=O) groups is 3. The van der Waals surface area contributed by atoms with Crippen molar-refractivity contribution in [3.8, 4) is 0 Å². The number of nitro groups is 1. The van der Waals surface area contributed by atoms with Crippen molar-refractivity contribution in [3.63, 3.8) is 0 Å². The zero-order valence-electron chi connectivity index (χ0n) is 15.2. The van der Waals surface area contributed by atoms with E-state index in [0.717, 1.165) is 0 Å². The van der Waals surface area contributed by atoms with E-state index < -0.39 is 29.3 Å². The number of esters is 1. The molecule has 0 atom stereocenters. The molecule has 2 aromatic carbocycles. The van der Waals surface area contributed by atoms with E-state index in [1.54, 1.807) is 24.3 Å². The summed E-state index contributed by atoms with van der Waals surface area (Å²) in [5, 5.41) is 16.3. The minimum Gasteiger partial charge on any atom is -0.456 e. The highest BCUT2D eigenvalue weighted by Gasteiger charge is 2.11. The molecule has 0 aromatic heterocycles. The molecular weight excluding hydrogens is 402 g/mol. The summed E-state index contributed by atoms with van der Waals surface area (Å²) in [5.74, 6) is -1.50. The molecule has 2 rings (SSSR count). The maximum absolute atomic E-state index is 11.9. The predicted molar refractivity (Wildman–Crippen MR) is 107 cm³/mol. The summed E-state index contributed by atoms with van der Waals surface area (Å²) < 4.78 is 4.86. The molecule has 0 aliphatic carbocycles. The number of nitro benzene ring substituents is 1. The summed E-state index contributed by atoms with van der Waals surface area (Å²) in [7, 11) is 0. The predicted octanol–water partition coefficient (Wildman–Crippen LogP) is 3.54. The standard InChI is InChI=1S/C19H18ClN3O6/c20-13-7-9-14(10-8-13)21-18(25)12-29-19(26)6-2-5-17(24)22-15-3-1-4-16(11-15)23(27)28/h1,3-4,7-11H,2,5-6,12H2,(H,21,25)(H,22,24). The molecule has 29 heavy (non-hydrogen) atoms. The first kappa shape index (κ1) is 21.8. The summed E-state index contributed by atoms with van der Waals surface area (Å²) in [4.78, 5) is 45.4. The van der Waals surface area contributed by atoms with E-state index in [1.807, 2.05) is 0 Å². The topological polar surface area (TPSA) is 128 Å². The van der Waals surface area contributed by atoms with Crippen molar-refractivity contribution in [1.82, 2.24) is 0 Å². The van der Waals surface area contributed by atoms with Gasteiger partial charge in [0.25, 0.3) is 11.6 Å². The fourth-order valence-corrected chi connectivity index (χ4v) is 2.39. The largest absolute Gasteiger partial charge is 0.456 e. The number of nitrogens with one attached hydrogen (secondary N) is 2. The lowest BCUT2D eigenvalue weighted by atomic mass is 10.2. The Morgan fingerprint density at radius 3 is 2.34 bits per heavy atom. The van der Waals surface area contributed by atoms with Gasteiger partial charge in [0, 0.05) is 41.4 Å². The molecule has 0 spiro atoms. The van der Waals surface area contributed by atoms with Crippen molar-refractivity contribution in [2.24, 2.45) is 0 Å². The number of non-ortho nitro benzene ring substituents is 1. The average Bonchev–Trinajstić information content (AvgIpc) is 2.68. The zero-order valence-corrected chi connectivity index (χ0v) is 16.0. The number of anilines is 2. The Hall–Kier alpha value is -3.46. The lowest BCUT2D eigenvalue weighted by molar-refractivity contribution is -0.384. The quantitative estimate of drug-likeness (QED) is 0.363. The Morgan fingerprint density at radius 2 is 1.66 bits per heavy atom. The third-order valence-electron chi connectivity index (χ3n) is 3.62. The highest BCUT2D eigenvalue weighted by Crippen LogP contribution is 2.17. The molecule has 0 aliphatic rings. The smallest absolute Gasteiger partial charge is 0.306 e. The highest BCUT2D eigenvalue weighted by molar-refractivity contribution is 6.30. The number of halogens is 1. The van der Waals surface area contributed by atoms with E-state index in [0.29, 0.717) is 16.4 Å². The highest BCUT2D eigenvalue weighted by atomic mass is 35.5. The van der Waals surface area contributed by atoms with Gasteiger partial charge in [-0.05, 0) is 36.8 Å². The summed E-state index contributed by atoms with van der Waals surface area (Å²) in [5.41, 5.74) is 0.683. The molecule has 10 heteroatoms. The average molecular weight is 420 g/mol. The fourth-order valence-electron chi connectivity index (χ4n) is 2.26. The maximum Gasteiger partial charge on any atom is 0.306 e. The van der Waals surface area contributed by atoms with Crippen LogP contribution in [0.4, 0.5) is 17.1 Å². The number of hydrogen-bond donors (Lipinski definition) is 2. The maximum atomic E-state index is 11.9. The van der Waals surface area contributed by atoms with Gasteiger partial charge in [-0.1, -0.05) is 17.7 Å². The summed E-state index contributed by atoms with van der Waals surface area (Å²) in [6, 6.07) is 12.0. The molecule has 0 heterocycles. The molecule has 0 saturated heterocycles. The number of hydrogen-bond acceptors (Lipinski definition) is 6. The first-order valence-corrected chi connectivity index (χ1v) is 8.96. The number of amides is 2. The van der Waals surface area contributed by atoms with Crippen molar-refractivity contribution >= 4 is 46.4 Å². The lowest BCUT2D eigenvalue weighted by Crippen LogP contribution is -2.21. The molecule has 9 nitrogen and oxygen atoms in total. The molecule has 152 valence electrons. The van der Waals surface area contributed by atoms with Gasteiger partial charge in [-0.3, -0.25) is 24.5 Å². The lowest BCUT2D eigenvalue weighted by Gasteiger charge is -2.07. The van der Waals surface area contributed by atoms with Crippen molar-refractivity contribution in [1.29, 1.82) is 0 Å². The van der Waals surface area contributed by atoms with Crippen LogP contribution in [-0.4, -0.2) is 29.3 Å². The van der Waals surface area contributed by atoms with E-state index in [-0.39, 0.29) is 24.9 Å². The van der Waals surface area contributed by atoms with Gasteiger partial charge in [0.1, 0.15) is 0 Å². The number of rotatable bonds is 9. The Balaban J connectivity index is 1.65. The zero-order chi connectivity index (χ0) is 21.2. The molecule has 2 amide bonds. The van der Waals surface area contributed by atoms with E-state index in [4.69, 9.17) is 16.3 Å². The molecule has 2 aromatic rings. The Bertz CT molecular complexity index is 901. The van der Waals surface area contributed by atoms with Gasteiger partial charge in [-0.15, -0.1) is 0 Å². The van der Waals surface area contributed by atoms with E-state index in [9.17, 15) is 24.5 Å². The number of carbonyl (C=O) groups excluding carboxylic acids is 3. The van der Waals surface area contributed by atoms with Gasteiger partial charge < -0.3 is 15.4 Å². The van der Waals surface area contributed by atoms with Crippen LogP contribution in [0.25, 0.3) is 0 Å². The van der Waals surface area contributed by atoms with E-state index >= 15 is 0 Å². The molecule has 0 radical (unpaired) electrons. The molecule has 0 aliphatic heterocycles. The van der Waals surface area contributed by atoms with Gasteiger partial charge in [-0.25, -0.2) is 0 Å². The molecule has 0 unspecified atom stereocenters. The minimum atomic E-state index is -0.612. The van der Waals surface area contributed by atoms with Crippen molar-refractivity contribution in [2.75, 3.05) is 17.2 Å². The number of nitrogens with zero attached hydrogens (tertiary/aromatic N) is 1. The van der Waals surface area contributed by atoms with E-state index in [1.165, 1.54) is 24.3 Å². The van der Waals surface area contributed by atoms with E-state index in [2.05, 4.69) is 10.6 Å². The van der Waals surface area contributed by atoms with Crippen molar-refractivity contribution in [3.05, 3.63) is 63.7 Å². The molecule has 0 bridgehead atoms. The van der Waals surface area contributed by atoms with Crippen LogP contribution in [0.5, 0.6) is 0 Å². The van der Waals surface area contributed by atoms with Crippen LogP contribution in [0, 0.1) is 10.1 Å². The summed E-state index contributed by atoms with van der Waals surface area (Å²) >= 11 is 5.75. The van der Waals surface area contributed by atoms with Crippen LogP contribution in [0.3, 0.4) is 0 Å². The third-order valence-corrected chi connectivity index (χ3v) is 3.87. The molecular formula is C19H18ClN3O6. The Labute approximate surface area is 171 Å². The second-order valence-electron chi connectivity index (χ2n) is 5.92. The second-order valence-corrected chi connectivity index (χ2v) is 6.36. The Kier molecular flexibility index (Phi) is 8.11. The van der Waals surface area contributed by atoms with Crippen LogP contribution < -0.4 is 10.6 Å². The van der Waals surface area contributed by atoms with Crippen LogP contribution in [0.2, 0.25) is 5.02 Å². The van der Waals surface area contributed by atoms with Crippen molar-refractivity contribution in [2.45, 2.75) is 19.3 Å². The van der Waals surface area contributed by atoms with Gasteiger partial charge in [0.05, 0.1) is 4.92 Å². The van der Waals surface area contributed by atoms with Crippen LogP contribution in [0.1, 0.15) is 19.3 Å². The molecule has 2 N–H and O–H groups in total. The molecule has 0 fully saturated rings. The minimum absolute atomic E-state index is 0.0226. The first-order valence-electron chi connectivity index (χ1n) is 8.59. The normalized spacial score (nSPS) is 10.1. The second kappa shape index (κ2) is 10.8. The van der Waals surface area contributed by atoms with Gasteiger partial charge in [-0.2, -0.15) is 0 Å². The third kappa shape index (κ3) is 7.97. The summed E-state index contributed by atoms with van der Waals surface area (Å²) in [6.07, 6.45) is 0.184. The molecule has 0 saturated carbocycles. The van der Waals surface area contributed by atoms with Gasteiger partial charge >= 0.3 is 5.97 Å². The number of ether oxygens (including phenoxy) is 1. The van der Waals surface area contributed by atoms with Crippen LogP contribution in [-0.2, 0) is 19.1 Å². The SMILES string of the molecule is O=C(CCCC(=O)OCC(=O)Nc1ccc(Cl)cc1)Nc1cccc([N+](=O)[O-])c1. The van der Waals surface area contributed by atoms with Gasteiger partial charge in [0.15, 0.2) is 6.61 Å².